The van der Waals surface area contributed by atoms with E-state index in [2.05, 4.69) is 58.5 Å². The number of aromatic nitrogens is 2. The Kier molecular flexibility index (Phi) is 14.0. The molecule has 1 N–H and O–H groups in total. The number of unbranched alkanes of at least 4 members (excludes halogenated alkanes) is 2. The van der Waals surface area contributed by atoms with Crippen LogP contribution in [0.5, 0.6) is 0 Å². The molecule has 192 valence electrons. The Balaban J connectivity index is 0.000000461. The van der Waals surface area contributed by atoms with Crippen molar-refractivity contribution in [2.45, 2.75) is 145 Å². The zero-order chi connectivity index (χ0) is 25.0. The van der Waals surface area contributed by atoms with Crippen molar-refractivity contribution in [3.63, 3.8) is 0 Å². The fourth-order valence-corrected chi connectivity index (χ4v) is 4.50. The molecule has 2 rings (SSSR count). The van der Waals surface area contributed by atoms with Crippen molar-refractivity contribution in [2.75, 3.05) is 0 Å². The molecule has 1 fully saturated rings. The van der Waals surface area contributed by atoms with Gasteiger partial charge in [-0.3, -0.25) is 9.48 Å². The molecule has 0 saturated heterocycles. The second kappa shape index (κ2) is 15.6. The summed E-state index contributed by atoms with van der Waals surface area (Å²) < 4.78 is 2.21. The molecule has 1 saturated carbocycles. The molecule has 4 nitrogen and oxygen atoms in total. The summed E-state index contributed by atoms with van der Waals surface area (Å²) in [6, 6.07) is 0.630. The lowest BCUT2D eigenvalue weighted by Gasteiger charge is -2.24. The molecule has 0 spiro atoms. The molecule has 0 radical (unpaired) electrons. The van der Waals surface area contributed by atoms with Gasteiger partial charge in [-0.15, -0.1) is 0 Å². The van der Waals surface area contributed by atoms with Gasteiger partial charge in [0.25, 0.3) is 5.91 Å². The Morgan fingerprint density at radius 1 is 1.00 bits per heavy atom. The molecule has 1 aliphatic carbocycles. The number of carbonyl (C=O) groups excluding carboxylic acids is 1. The summed E-state index contributed by atoms with van der Waals surface area (Å²) in [5, 5.41) is 7.77. The van der Waals surface area contributed by atoms with E-state index >= 15 is 0 Å². The Labute approximate surface area is 205 Å². The van der Waals surface area contributed by atoms with Gasteiger partial charge in [0.05, 0.1) is 6.04 Å². The first kappa shape index (κ1) is 29.7. The van der Waals surface area contributed by atoms with Crippen LogP contribution in [0.1, 0.15) is 147 Å². The lowest BCUT2D eigenvalue weighted by Crippen LogP contribution is -2.31. The van der Waals surface area contributed by atoms with Crippen LogP contribution < -0.4 is 5.32 Å². The summed E-state index contributed by atoms with van der Waals surface area (Å²) in [6.07, 6.45) is 13.8. The Morgan fingerprint density at radius 2 is 1.64 bits per heavy atom. The van der Waals surface area contributed by atoms with Gasteiger partial charge in [-0.2, -0.15) is 5.10 Å². The predicted molar refractivity (Wildman–Crippen MR) is 143 cm³/mol. The summed E-state index contributed by atoms with van der Waals surface area (Å²) >= 11 is 0. The first-order chi connectivity index (χ1) is 15.6. The van der Waals surface area contributed by atoms with Crippen LogP contribution in [0.15, 0.2) is 0 Å². The topological polar surface area (TPSA) is 46.9 Å². The Hall–Kier alpha value is -1.32. The molecule has 0 aliphatic heterocycles. The molecule has 1 aromatic rings. The number of hydrogen-bond donors (Lipinski definition) is 1. The van der Waals surface area contributed by atoms with Gasteiger partial charge in [0.15, 0.2) is 5.69 Å². The van der Waals surface area contributed by atoms with Crippen LogP contribution in [-0.4, -0.2) is 21.7 Å². The van der Waals surface area contributed by atoms with E-state index in [1.165, 1.54) is 69.9 Å². The predicted octanol–water partition coefficient (Wildman–Crippen LogP) is 8.28. The highest BCUT2D eigenvalue weighted by Crippen LogP contribution is 2.31. The third-order valence-electron chi connectivity index (χ3n) is 7.18. The second-order valence-corrected chi connectivity index (χ2v) is 11.4. The fourth-order valence-electron chi connectivity index (χ4n) is 4.50. The van der Waals surface area contributed by atoms with Crippen LogP contribution in [0.3, 0.4) is 0 Å². The van der Waals surface area contributed by atoms with Gasteiger partial charge in [-0.25, -0.2) is 0 Å². The van der Waals surface area contributed by atoms with Crippen molar-refractivity contribution in [2.24, 2.45) is 17.8 Å². The van der Waals surface area contributed by atoms with Gasteiger partial charge in [-0.1, -0.05) is 86.5 Å². The second-order valence-electron chi connectivity index (χ2n) is 11.4. The van der Waals surface area contributed by atoms with E-state index in [4.69, 9.17) is 5.10 Å². The van der Waals surface area contributed by atoms with Crippen LogP contribution in [0.4, 0.5) is 0 Å². The Bertz CT molecular complexity index is 669. The molecule has 4 heteroatoms. The SMILES string of the molecule is CC(C)CC[C@@H](C)C(C)C.CCCCCc1c(C)c(C(=O)NC(C)C)nn1C1CCCCC1. The largest absolute Gasteiger partial charge is 0.348 e. The van der Waals surface area contributed by atoms with Gasteiger partial charge in [0.1, 0.15) is 0 Å². The zero-order valence-corrected chi connectivity index (χ0v) is 23.5. The van der Waals surface area contributed by atoms with E-state index in [1.54, 1.807) is 0 Å². The summed E-state index contributed by atoms with van der Waals surface area (Å²) in [5.41, 5.74) is 3.01. The van der Waals surface area contributed by atoms with Crippen LogP contribution in [0, 0.1) is 24.7 Å². The highest BCUT2D eigenvalue weighted by atomic mass is 16.2. The van der Waals surface area contributed by atoms with E-state index in [1.807, 2.05) is 13.8 Å². The quantitative estimate of drug-likeness (QED) is 0.337. The van der Waals surface area contributed by atoms with Gasteiger partial charge < -0.3 is 5.32 Å². The highest BCUT2D eigenvalue weighted by Gasteiger charge is 2.25. The van der Waals surface area contributed by atoms with Crippen molar-refractivity contribution in [3.05, 3.63) is 17.0 Å². The number of rotatable bonds is 11. The maximum Gasteiger partial charge on any atom is 0.272 e. The summed E-state index contributed by atoms with van der Waals surface area (Å²) in [5.74, 6) is 2.62. The monoisotopic (exact) mass is 461 g/mol. The number of nitrogens with zero attached hydrogens (tertiary/aromatic N) is 2. The maximum atomic E-state index is 12.5. The third kappa shape index (κ3) is 10.6. The molecule has 1 heterocycles. The molecule has 0 aromatic carbocycles. The van der Waals surface area contributed by atoms with Crippen LogP contribution in [0.25, 0.3) is 0 Å². The van der Waals surface area contributed by atoms with E-state index < -0.39 is 0 Å². The van der Waals surface area contributed by atoms with Gasteiger partial charge >= 0.3 is 0 Å². The summed E-state index contributed by atoms with van der Waals surface area (Å²) in [7, 11) is 0. The molecule has 33 heavy (non-hydrogen) atoms. The van der Waals surface area contributed by atoms with Crippen molar-refractivity contribution in [1.82, 2.24) is 15.1 Å². The van der Waals surface area contributed by atoms with Crippen molar-refractivity contribution >= 4 is 5.91 Å². The lowest BCUT2D eigenvalue weighted by atomic mass is 9.91. The van der Waals surface area contributed by atoms with E-state index in [-0.39, 0.29) is 11.9 Å². The molecule has 1 aliphatic rings. The average Bonchev–Trinajstić information content (AvgIpc) is 3.09. The van der Waals surface area contributed by atoms with Crippen molar-refractivity contribution in [1.29, 1.82) is 0 Å². The smallest absolute Gasteiger partial charge is 0.272 e. The number of nitrogens with one attached hydrogen (secondary N) is 1. The molecule has 1 atom stereocenters. The van der Waals surface area contributed by atoms with Crippen LogP contribution in [-0.2, 0) is 6.42 Å². The molecule has 0 unspecified atom stereocenters. The van der Waals surface area contributed by atoms with Crippen LogP contribution >= 0.6 is 0 Å². The molecule has 1 aromatic heterocycles. The highest BCUT2D eigenvalue weighted by molar-refractivity contribution is 5.94. The van der Waals surface area contributed by atoms with Gasteiger partial charge in [0, 0.05) is 17.3 Å². The van der Waals surface area contributed by atoms with Gasteiger partial charge in [0.2, 0.25) is 0 Å². The summed E-state index contributed by atoms with van der Waals surface area (Å²) in [4.78, 5) is 12.5. The lowest BCUT2D eigenvalue weighted by molar-refractivity contribution is 0.0936. The zero-order valence-electron chi connectivity index (χ0n) is 23.5. The molecular weight excluding hydrogens is 406 g/mol. The number of carbonyl (C=O) groups is 1. The minimum Gasteiger partial charge on any atom is -0.348 e. The minimum absolute atomic E-state index is 0.0243. The first-order valence-corrected chi connectivity index (χ1v) is 14.0. The Morgan fingerprint density at radius 3 is 2.15 bits per heavy atom. The summed E-state index contributed by atoms with van der Waals surface area (Å²) in [6.45, 7) is 19.9. The number of amides is 1. The maximum absolute atomic E-state index is 12.5. The molecule has 1 amide bonds. The fraction of sp³-hybridized carbons (Fsp3) is 0.862. The van der Waals surface area contributed by atoms with Gasteiger partial charge in [-0.05, 0) is 64.2 Å². The molecule has 0 bridgehead atoms. The third-order valence-corrected chi connectivity index (χ3v) is 7.18. The normalized spacial score (nSPS) is 15.6. The first-order valence-electron chi connectivity index (χ1n) is 14.0. The van der Waals surface area contributed by atoms with E-state index in [9.17, 15) is 4.79 Å². The standard InChI is InChI=1S/C19H33N3O.C10H22/c1-5-6-8-13-17-15(4)18(19(23)20-14(2)3)21-22(17)16-11-9-7-10-12-16;1-8(2)6-7-10(5)9(3)4/h14,16H,5-13H2,1-4H3,(H,20,23);8-10H,6-7H2,1-5H3/t;10-/m.1/s1. The van der Waals surface area contributed by atoms with Crippen LogP contribution in [0.2, 0.25) is 0 Å². The number of hydrogen-bond acceptors (Lipinski definition) is 2. The average molecular weight is 462 g/mol. The van der Waals surface area contributed by atoms with E-state index in [0.717, 1.165) is 29.7 Å². The van der Waals surface area contributed by atoms with E-state index in [0.29, 0.717) is 11.7 Å². The van der Waals surface area contributed by atoms with Crippen molar-refractivity contribution in [3.8, 4) is 0 Å². The molecular formula is C29H55N3O. The minimum atomic E-state index is -0.0243. The van der Waals surface area contributed by atoms with Crippen molar-refractivity contribution < 1.29 is 4.79 Å².